The SMILES string of the molecule is CCC1=CCC(S(N)(=O)=O)S1. The van der Waals surface area contributed by atoms with Gasteiger partial charge in [0.1, 0.15) is 4.58 Å². The van der Waals surface area contributed by atoms with Gasteiger partial charge in [-0.15, -0.1) is 11.8 Å². The minimum Gasteiger partial charge on any atom is -0.228 e. The van der Waals surface area contributed by atoms with Crippen molar-refractivity contribution < 1.29 is 8.42 Å². The van der Waals surface area contributed by atoms with E-state index >= 15 is 0 Å². The second-order valence-electron chi connectivity index (χ2n) is 2.40. The number of rotatable bonds is 2. The molecule has 1 aliphatic rings. The predicted molar refractivity (Wildman–Crippen MR) is 47.5 cm³/mol. The average molecular weight is 193 g/mol. The van der Waals surface area contributed by atoms with E-state index in [-0.39, 0.29) is 0 Å². The third-order valence-corrected chi connectivity index (χ3v) is 4.77. The molecule has 1 unspecified atom stereocenters. The van der Waals surface area contributed by atoms with Crippen LogP contribution < -0.4 is 5.14 Å². The molecule has 0 radical (unpaired) electrons. The summed E-state index contributed by atoms with van der Waals surface area (Å²) >= 11 is 1.37. The summed E-state index contributed by atoms with van der Waals surface area (Å²) in [6.45, 7) is 2.00. The van der Waals surface area contributed by atoms with Crippen LogP contribution in [0.2, 0.25) is 0 Å². The summed E-state index contributed by atoms with van der Waals surface area (Å²) in [6, 6.07) is 0. The summed E-state index contributed by atoms with van der Waals surface area (Å²) in [6.07, 6.45) is 3.41. The van der Waals surface area contributed by atoms with Gasteiger partial charge in [0.15, 0.2) is 0 Å². The van der Waals surface area contributed by atoms with Crippen molar-refractivity contribution in [3.05, 3.63) is 11.0 Å². The second kappa shape index (κ2) is 3.16. The monoisotopic (exact) mass is 193 g/mol. The van der Waals surface area contributed by atoms with Crippen LogP contribution in [0.15, 0.2) is 11.0 Å². The Bertz CT molecular complexity index is 268. The highest BCUT2D eigenvalue weighted by Crippen LogP contribution is 2.35. The summed E-state index contributed by atoms with van der Waals surface area (Å²) in [7, 11) is -3.33. The van der Waals surface area contributed by atoms with Gasteiger partial charge in [-0.1, -0.05) is 13.0 Å². The molecule has 2 N–H and O–H groups in total. The fourth-order valence-corrected chi connectivity index (χ4v) is 3.08. The smallest absolute Gasteiger partial charge is 0.222 e. The molecule has 0 aliphatic carbocycles. The van der Waals surface area contributed by atoms with E-state index in [1.807, 2.05) is 13.0 Å². The molecule has 0 fully saturated rings. The fourth-order valence-electron chi connectivity index (χ4n) is 0.922. The molecule has 0 aromatic rings. The van der Waals surface area contributed by atoms with E-state index in [0.717, 1.165) is 11.3 Å². The Balaban J connectivity index is 2.62. The van der Waals surface area contributed by atoms with Crippen molar-refractivity contribution in [1.82, 2.24) is 0 Å². The van der Waals surface area contributed by atoms with Crippen LogP contribution >= 0.6 is 11.8 Å². The van der Waals surface area contributed by atoms with Gasteiger partial charge in [-0.3, -0.25) is 0 Å². The summed E-state index contributed by atoms with van der Waals surface area (Å²) in [5.41, 5.74) is 0. The predicted octanol–water partition coefficient (Wildman–Crippen LogP) is 1.03. The third-order valence-electron chi connectivity index (χ3n) is 1.54. The minimum absolute atomic E-state index is 0.433. The molecule has 3 nitrogen and oxygen atoms in total. The molecule has 0 spiro atoms. The van der Waals surface area contributed by atoms with Gasteiger partial charge in [0, 0.05) is 0 Å². The van der Waals surface area contributed by atoms with Crippen LogP contribution in [-0.4, -0.2) is 13.0 Å². The van der Waals surface area contributed by atoms with Gasteiger partial charge in [-0.25, -0.2) is 13.6 Å². The summed E-state index contributed by atoms with van der Waals surface area (Å²) in [5.74, 6) is 0. The number of nitrogens with two attached hydrogens (primary N) is 1. The number of hydrogen-bond donors (Lipinski definition) is 1. The fraction of sp³-hybridized carbons (Fsp3) is 0.667. The topological polar surface area (TPSA) is 60.2 Å². The molecule has 0 saturated carbocycles. The lowest BCUT2D eigenvalue weighted by Gasteiger charge is -2.05. The highest BCUT2D eigenvalue weighted by Gasteiger charge is 2.26. The van der Waals surface area contributed by atoms with E-state index in [9.17, 15) is 8.42 Å². The van der Waals surface area contributed by atoms with Gasteiger partial charge < -0.3 is 0 Å². The van der Waals surface area contributed by atoms with Gasteiger partial charge in [0.05, 0.1) is 0 Å². The van der Waals surface area contributed by atoms with E-state index in [4.69, 9.17) is 5.14 Å². The van der Waals surface area contributed by atoms with Gasteiger partial charge in [-0.05, 0) is 17.7 Å². The normalized spacial score (nSPS) is 25.3. The first-order valence-electron chi connectivity index (χ1n) is 3.41. The zero-order chi connectivity index (χ0) is 8.48. The van der Waals surface area contributed by atoms with E-state index in [2.05, 4.69) is 0 Å². The Morgan fingerprint density at radius 1 is 1.82 bits per heavy atom. The van der Waals surface area contributed by atoms with Crippen LogP contribution in [0.5, 0.6) is 0 Å². The van der Waals surface area contributed by atoms with Gasteiger partial charge in [0.25, 0.3) is 0 Å². The molecular formula is C6H11NO2S2. The molecular weight excluding hydrogens is 182 g/mol. The van der Waals surface area contributed by atoms with E-state index in [1.54, 1.807) is 0 Å². The summed E-state index contributed by atoms with van der Waals surface area (Å²) < 4.78 is 21.2. The zero-order valence-electron chi connectivity index (χ0n) is 6.28. The van der Waals surface area contributed by atoms with Crippen LogP contribution in [0.25, 0.3) is 0 Å². The number of hydrogen-bond acceptors (Lipinski definition) is 3. The summed E-state index contributed by atoms with van der Waals surface area (Å²) in [4.78, 5) is 1.13. The molecule has 1 rings (SSSR count). The maximum absolute atomic E-state index is 10.8. The Morgan fingerprint density at radius 3 is 2.73 bits per heavy atom. The molecule has 0 aromatic heterocycles. The van der Waals surface area contributed by atoms with Crippen molar-refractivity contribution in [3.63, 3.8) is 0 Å². The lowest BCUT2D eigenvalue weighted by atomic mass is 10.3. The maximum atomic E-state index is 10.8. The standard InChI is InChI=1S/C6H11NO2S2/c1-2-5-3-4-6(10-5)11(7,8)9/h3,6H,2,4H2,1H3,(H2,7,8,9). The number of sulfonamides is 1. The highest BCUT2D eigenvalue weighted by molar-refractivity contribution is 8.15. The minimum atomic E-state index is -3.33. The van der Waals surface area contributed by atoms with E-state index < -0.39 is 14.6 Å². The van der Waals surface area contributed by atoms with Crippen molar-refractivity contribution >= 4 is 21.8 Å². The van der Waals surface area contributed by atoms with E-state index in [0.29, 0.717) is 6.42 Å². The number of thioether (sulfide) groups is 1. The van der Waals surface area contributed by atoms with Crippen molar-refractivity contribution in [1.29, 1.82) is 0 Å². The lowest BCUT2D eigenvalue weighted by Crippen LogP contribution is -2.23. The van der Waals surface area contributed by atoms with Crippen molar-refractivity contribution in [3.8, 4) is 0 Å². The van der Waals surface area contributed by atoms with E-state index in [1.165, 1.54) is 11.8 Å². The van der Waals surface area contributed by atoms with Gasteiger partial charge >= 0.3 is 0 Å². The van der Waals surface area contributed by atoms with Crippen LogP contribution in [-0.2, 0) is 10.0 Å². The first kappa shape index (κ1) is 9.09. The quantitative estimate of drug-likeness (QED) is 0.712. The molecule has 0 bridgehead atoms. The van der Waals surface area contributed by atoms with Gasteiger partial charge in [0.2, 0.25) is 10.0 Å². The zero-order valence-corrected chi connectivity index (χ0v) is 7.91. The van der Waals surface area contributed by atoms with Crippen LogP contribution in [0, 0.1) is 0 Å². The molecule has 64 valence electrons. The number of allylic oxidation sites excluding steroid dienone is 2. The molecule has 5 heteroatoms. The van der Waals surface area contributed by atoms with Crippen molar-refractivity contribution in [2.75, 3.05) is 0 Å². The molecule has 0 aromatic carbocycles. The Kier molecular flexibility index (Phi) is 2.61. The van der Waals surface area contributed by atoms with Crippen molar-refractivity contribution in [2.45, 2.75) is 24.3 Å². The maximum Gasteiger partial charge on any atom is 0.222 e. The van der Waals surface area contributed by atoms with Crippen LogP contribution in [0.1, 0.15) is 19.8 Å². The molecule has 11 heavy (non-hydrogen) atoms. The molecule has 1 heterocycles. The van der Waals surface area contributed by atoms with Crippen LogP contribution in [0.4, 0.5) is 0 Å². The third kappa shape index (κ3) is 2.21. The first-order chi connectivity index (χ1) is 5.04. The molecule has 0 saturated heterocycles. The second-order valence-corrected chi connectivity index (χ2v) is 5.77. The highest BCUT2D eigenvalue weighted by atomic mass is 32.3. The first-order valence-corrected chi connectivity index (χ1v) is 5.90. The Labute approximate surface area is 71.1 Å². The Morgan fingerprint density at radius 2 is 2.45 bits per heavy atom. The lowest BCUT2D eigenvalue weighted by molar-refractivity contribution is 0.595. The molecule has 1 atom stereocenters. The van der Waals surface area contributed by atoms with Crippen molar-refractivity contribution in [2.24, 2.45) is 5.14 Å². The Hall–Kier alpha value is -0.000000000000000111. The van der Waals surface area contributed by atoms with Gasteiger partial charge in [-0.2, -0.15) is 0 Å². The average Bonchev–Trinajstić information content (AvgIpc) is 2.32. The van der Waals surface area contributed by atoms with Crippen LogP contribution in [0.3, 0.4) is 0 Å². The molecule has 0 amide bonds. The number of primary sulfonamides is 1. The molecule has 1 aliphatic heterocycles. The summed E-state index contributed by atoms with van der Waals surface area (Å²) in [5, 5.41) is 4.98. The largest absolute Gasteiger partial charge is 0.228 e.